The molecule has 0 saturated heterocycles. The van der Waals surface area contributed by atoms with Crippen LogP contribution in [0.1, 0.15) is 18.3 Å². The molecular weight excluding hydrogens is 272 g/mol. The smallest absolute Gasteiger partial charge is 0.240 e. The molecule has 2 N–H and O–H groups in total. The molecule has 1 aromatic heterocycles. The van der Waals surface area contributed by atoms with E-state index in [1.807, 2.05) is 11.8 Å². The van der Waals surface area contributed by atoms with Crippen LogP contribution in [0.15, 0.2) is 6.33 Å². The number of carbonyl (C=O) groups is 1. The van der Waals surface area contributed by atoms with Gasteiger partial charge >= 0.3 is 0 Å². The number of nitrogens with zero attached hydrogens (tertiary/aromatic N) is 2. The van der Waals surface area contributed by atoms with Crippen LogP contribution < -0.4 is 5.32 Å². The zero-order valence-corrected chi connectivity index (χ0v) is 12.9. The Hall–Kier alpha value is -1.44. The topological polar surface area (TPSA) is 79.5 Å². The van der Waals surface area contributed by atoms with E-state index in [0.29, 0.717) is 32.7 Å². The van der Waals surface area contributed by atoms with Crippen molar-refractivity contribution >= 4 is 5.91 Å². The van der Waals surface area contributed by atoms with E-state index in [9.17, 15) is 4.79 Å². The van der Waals surface area contributed by atoms with Crippen LogP contribution in [0, 0.1) is 0 Å². The largest absolute Gasteiger partial charge is 0.383 e. The van der Waals surface area contributed by atoms with E-state index in [4.69, 9.17) is 9.47 Å². The average Bonchev–Trinajstić information content (AvgIpc) is 2.95. The molecule has 0 saturated carbocycles. The predicted octanol–water partition coefficient (Wildman–Crippen LogP) is -0.0661. The van der Waals surface area contributed by atoms with Crippen molar-refractivity contribution in [3.63, 3.8) is 0 Å². The van der Waals surface area contributed by atoms with Gasteiger partial charge in [0.15, 0.2) is 0 Å². The molecule has 0 spiro atoms. The first kappa shape index (κ1) is 15.9. The fraction of sp³-hybridized carbons (Fsp3) is 0.714. The number of imidazole rings is 1. The molecule has 118 valence electrons. The van der Waals surface area contributed by atoms with Crippen LogP contribution >= 0.6 is 0 Å². The highest BCUT2D eigenvalue weighted by molar-refractivity contribution is 5.82. The van der Waals surface area contributed by atoms with Crippen molar-refractivity contribution in [1.82, 2.24) is 20.2 Å². The summed E-state index contributed by atoms with van der Waals surface area (Å²) in [6, 6.07) is -0.225. The third-order valence-electron chi connectivity index (χ3n) is 3.79. The number of amides is 1. The molecule has 0 bridgehead atoms. The normalized spacial score (nSPS) is 19.1. The highest BCUT2D eigenvalue weighted by Crippen LogP contribution is 2.15. The molecule has 2 rings (SSSR count). The number of fused-ring (bicyclic) bond motifs is 1. The molecule has 2 unspecified atom stereocenters. The summed E-state index contributed by atoms with van der Waals surface area (Å²) in [5.41, 5.74) is 2.03. The van der Waals surface area contributed by atoms with E-state index < -0.39 is 0 Å². The zero-order chi connectivity index (χ0) is 15.2. The van der Waals surface area contributed by atoms with Gasteiger partial charge in [0.2, 0.25) is 5.91 Å². The zero-order valence-electron chi connectivity index (χ0n) is 12.9. The second-order valence-electron chi connectivity index (χ2n) is 5.29. The van der Waals surface area contributed by atoms with Crippen LogP contribution in [-0.4, -0.2) is 66.8 Å². The van der Waals surface area contributed by atoms with Gasteiger partial charge in [-0.15, -0.1) is 0 Å². The van der Waals surface area contributed by atoms with E-state index in [0.717, 1.165) is 11.4 Å². The molecule has 1 aromatic rings. The quantitative estimate of drug-likeness (QED) is 0.736. The summed E-state index contributed by atoms with van der Waals surface area (Å²) in [5.74, 6) is 0.0743. The minimum atomic E-state index is -0.239. The molecular formula is C14H24N4O3. The molecule has 7 nitrogen and oxygen atoms in total. The average molecular weight is 296 g/mol. The number of rotatable bonds is 7. The first-order valence-electron chi connectivity index (χ1n) is 7.20. The van der Waals surface area contributed by atoms with Gasteiger partial charge in [0.05, 0.1) is 43.0 Å². The van der Waals surface area contributed by atoms with Crippen molar-refractivity contribution in [2.24, 2.45) is 0 Å². The first-order valence-corrected chi connectivity index (χ1v) is 7.20. The van der Waals surface area contributed by atoms with Gasteiger partial charge in [-0.2, -0.15) is 0 Å². The molecule has 1 amide bonds. The van der Waals surface area contributed by atoms with Crippen LogP contribution in [-0.2, 0) is 27.2 Å². The highest BCUT2D eigenvalue weighted by atomic mass is 16.5. The second-order valence-corrected chi connectivity index (χ2v) is 5.29. The van der Waals surface area contributed by atoms with Gasteiger partial charge in [-0.3, -0.25) is 10.1 Å². The molecule has 0 fully saturated rings. The van der Waals surface area contributed by atoms with Gasteiger partial charge in [-0.25, -0.2) is 4.98 Å². The Morgan fingerprint density at radius 1 is 1.52 bits per heavy atom. The molecule has 7 heteroatoms. The number of carbonyl (C=O) groups excluding carboxylic acids is 1. The van der Waals surface area contributed by atoms with Crippen molar-refractivity contribution < 1.29 is 14.3 Å². The number of nitrogens with one attached hydrogen (secondary N) is 2. The monoisotopic (exact) mass is 296 g/mol. The fourth-order valence-corrected chi connectivity index (χ4v) is 2.61. The molecule has 21 heavy (non-hydrogen) atoms. The molecule has 1 aliphatic heterocycles. The van der Waals surface area contributed by atoms with E-state index in [-0.39, 0.29) is 18.0 Å². The summed E-state index contributed by atoms with van der Waals surface area (Å²) in [6.45, 7) is 4.21. The number of aromatic nitrogens is 2. The third kappa shape index (κ3) is 3.81. The summed E-state index contributed by atoms with van der Waals surface area (Å²) in [4.78, 5) is 21.9. The molecule has 2 heterocycles. The van der Waals surface area contributed by atoms with Gasteiger partial charge in [-0.1, -0.05) is 0 Å². The van der Waals surface area contributed by atoms with E-state index >= 15 is 0 Å². The standard InChI is InChI=1S/C14H24N4O3/c1-10(8-21-3)18(4-5-20-2)14(19)12-6-11-13(7-15-12)17-9-16-11/h9-10,12,15H,4-8H2,1-3H3,(H,16,17). The summed E-state index contributed by atoms with van der Waals surface area (Å²) < 4.78 is 10.3. The van der Waals surface area contributed by atoms with Gasteiger partial charge in [0.25, 0.3) is 0 Å². The molecule has 1 aliphatic rings. The Kier molecular flexibility index (Phi) is 5.72. The first-order chi connectivity index (χ1) is 10.2. The lowest BCUT2D eigenvalue weighted by Gasteiger charge is -2.33. The Bertz CT molecular complexity index is 463. The summed E-state index contributed by atoms with van der Waals surface area (Å²) in [6.07, 6.45) is 2.29. The molecule has 0 radical (unpaired) electrons. The van der Waals surface area contributed by atoms with Crippen LogP contribution in [0.2, 0.25) is 0 Å². The van der Waals surface area contributed by atoms with Crippen LogP contribution in [0.25, 0.3) is 0 Å². The van der Waals surface area contributed by atoms with Crippen LogP contribution in [0.3, 0.4) is 0 Å². The predicted molar refractivity (Wildman–Crippen MR) is 77.8 cm³/mol. The minimum Gasteiger partial charge on any atom is -0.383 e. The van der Waals surface area contributed by atoms with E-state index in [1.165, 1.54) is 0 Å². The van der Waals surface area contributed by atoms with Crippen molar-refractivity contribution in [2.75, 3.05) is 34.0 Å². The number of hydrogen-bond acceptors (Lipinski definition) is 5. The number of ether oxygens (including phenoxy) is 2. The lowest BCUT2D eigenvalue weighted by Crippen LogP contribution is -2.53. The number of methoxy groups -OCH3 is 2. The van der Waals surface area contributed by atoms with Crippen molar-refractivity contribution in [2.45, 2.75) is 32.0 Å². The maximum absolute atomic E-state index is 12.8. The fourth-order valence-electron chi connectivity index (χ4n) is 2.61. The van der Waals surface area contributed by atoms with Crippen molar-refractivity contribution in [3.8, 4) is 0 Å². The van der Waals surface area contributed by atoms with Crippen molar-refractivity contribution in [1.29, 1.82) is 0 Å². The number of aromatic amines is 1. The lowest BCUT2D eigenvalue weighted by atomic mass is 10.0. The highest BCUT2D eigenvalue weighted by Gasteiger charge is 2.31. The van der Waals surface area contributed by atoms with E-state index in [1.54, 1.807) is 20.5 Å². The van der Waals surface area contributed by atoms with Gasteiger partial charge < -0.3 is 19.4 Å². The maximum Gasteiger partial charge on any atom is 0.240 e. The Labute approximate surface area is 125 Å². The molecule has 0 aromatic carbocycles. The number of hydrogen-bond donors (Lipinski definition) is 2. The summed E-state index contributed by atoms with van der Waals surface area (Å²) in [5, 5.41) is 3.27. The summed E-state index contributed by atoms with van der Waals surface area (Å²) in [7, 11) is 3.28. The number of H-pyrrole nitrogens is 1. The Balaban J connectivity index is 2.03. The molecule has 0 aliphatic carbocycles. The third-order valence-corrected chi connectivity index (χ3v) is 3.79. The SMILES string of the molecule is COCCN(C(=O)C1Cc2nc[nH]c2CN1)C(C)COC. The Morgan fingerprint density at radius 3 is 3.05 bits per heavy atom. The van der Waals surface area contributed by atoms with Gasteiger partial charge in [-0.05, 0) is 6.92 Å². The minimum absolute atomic E-state index is 0.0139. The van der Waals surface area contributed by atoms with Gasteiger partial charge in [0.1, 0.15) is 0 Å². The molecule has 2 atom stereocenters. The summed E-state index contributed by atoms with van der Waals surface area (Å²) >= 11 is 0. The Morgan fingerprint density at radius 2 is 2.33 bits per heavy atom. The maximum atomic E-state index is 12.8. The van der Waals surface area contributed by atoms with Crippen LogP contribution in [0.4, 0.5) is 0 Å². The second kappa shape index (κ2) is 7.53. The lowest BCUT2D eigenvalue weighted by molar-refractivity contribution is -0.137. The van der Waals surface area contributed by atoms with Gasteiger partial charge in [0, 0.05) is 33.7 Å². The van der Waals surface area contributed by atoms with E-state index in [2.05, 4.69) is 15.3 Å². The van der Waals surface area contributed by atoms with Crippen LogP contribution in [0.5, 0.6) is 0 Å². The van der Waals surface area contributed by atoms with Crippen molar-refractivity contribution in [3.05, 3.63) is 17.7 Å².